The molecule has 0 saturated carbocycles. The van der Waals surface area contributed by atoms with Crippen molar-refractivity contribution in [1.82, 2.24) is 4.98 Å². The lowest BCUT2D eigenvalue weighted by atomic mass is 9.86. The number of halogens is 1. The van der Waals surface area contributed by atoms with Gasteiger partial charge in [-0.1, -0.05) is 13.8 Å². The van der Waals surface area contributed by atoms with Crippen molar-refractivity contribution in [2.24, 2.45) is 11.1 Å². The van der Waals surface area contributed by atoms with Crippen molar-refractivity contribution in [3.63, 3.8) is 0 Å². The average Bonchev–Trinajstić information content (AvgIpc) is 2.30. The van der Waals surface area contributed by atoms with E-state index in [4.69, 9.17) is 10.5 Å². The Balaban J connectivity index is 2.18. The molecule has 0 fully saturated rings. The fraction of sp³-hybridized carbons (Fsp3) is 0.500. The molecular weight excluding hydrogens is 298 g/mol. The molecule has 0 saturated heterocycles. The number of carbonyl (C=O) groups is 1. The van der Waals surface area contributed by atoms with Gasteiger partial charge in [-0.15, -0.1) is 0 Å². The minimum absolute atomic E-state index is 0.137. The zero-order chi connectivity index (χ0) is 13.3. The molecule has 1 aromatic heterocycles. The summed E-state index contributed by atoms with van der Waals surface area (Å²) in [7, 11) is 0. The van der Waals surface area contributed by atoms with E-state index in [1.807, 2.05) is 13.8 Å². The van der Waals surface area contributed by atoms with Crippen LogP contribution in [0.2, 0.25) is 0 Å². The lowest BCUT2D eigenvalue weighted by Gasteiger charge is -2.31. The molecule has 0 spiro atoms. The number of amides is 1. The number of fused-ring (bicyclic) bond motifs is 1. The van der Waals surface area contributed by atoms with E-state index in [9.17, 15) is 4.79 Å². The second-order valence-electron chi connectivity index (χ2n) is 5.15. The number of aromatic nitrogens is 1. The number of anilines is 1. The van der Waals surface area contributed by atoms with Crippen LogP contribution in [0.15, 0.2) is 16.7 Å². The predicted octanol–water partition coefficient (Wildman–Crippen LogP) is 1.92. The molecule has 2 rings (SSSR count). The first kappa shape index (κ1) is 13.3. The fourth-order valence-corrected chi connectivity index (χ4v) is 2.04. The number of nitrogens with one attached hydrogen (secondary N) is 1. The lowest BCUT2D eigenvalue weighted by Crippen LogP contribution is -2.42. The largest absolute Gasteiger partial charge is 0.477 e. The molecule has 1 aliphatic heterocycles. The highest BCUT2D eigenvalue weighted by Gasteiger charge is 2.33. The number of hydrogen-bond donors (Lipinski definition) is 2. The van der Waals surface area contributed by atoms with Gasteiger partial charge in [-0.05, 0) is 46.4 Å². The highest BCUT2D eigenvalue weighted by molar-refractivity contribution is 9.10. The number of ether oxygens (including phenoxy) is 1. The molecule has 1 atom stereocenters. The molecule has 0 aliphatic carbocycles. The molecule has 2 heterocycles. The van der Waals surface area contributed by atoms with Crippen LogP contribution in [0.1, 0.15) is 20.3 Å². The van der Waals surface area contributed by atoms with E-state index in [-0.39, 0.29) is 11.3 Å². The quantitative estimate of drug-likeness (QED) is 0.836. The van der Waals surface area contributed by atoms with Crippen LogP contribution < -0.4 is 15.8 Å². The maximum Gasteiger partial charge on any atom is 0.266 e. The van der Waals surface area contributed by atoms with Crippen LogP contribution in [0.3, 0.4) is 0 Å². The normalized spacial score (nSPS) is 18.9. The number of nitrogens with zero attached hydrogens (tertiary/aromatic N) is 1. The second-order valence-corrected chi connectivity index (χ2v) is 5.96. The summed E-state index contributed by atoms with van der Waals surface area (Å²) in [6.45, 7) is 4.53. The Morgan fingerprint density at radius 3 is 2.94 bits per heavy atom. The first-order chi connectivity index (χ1) is 8.41. The van der Waals surface area contributed by atoms with E-state index in [0.717, 1.165) is 0 Å². The zero-order valence-electron chi connectivity index (χ0n) is 10.4. The molecule has 6 heteroatoms. The number of rotatable bonds is 3. The van der Waals surface area contributed by atoms with Gasteiger partial charge in [0, 0.05) is 0 Å². The zero-order valence-corrected chi connectivity index (χ0v) is 12.0. The molecule has 0 radical (unpaired) electrons. The van der Waals surface area contributed by atoms with Gasteiger partial charge in [0.1, 0.15) is 4.60 Å². The Kier molecular flexibility index (Phi) is 3.59. The van der Waals surface area contributed by atoms with Crippen molar-refractivity contribution in [3.05, 3.63) is 16.7 Å². The summed E-state index contributed by atoms with van der Waals surface area (Å²) in [5, 5.41) is 2.75. The van der Waals surface area contributed by atoms with Gasteiger partial charge in [0.25, 0.3) is 5.91 Å². The molecule has 1 aromatic rings. The highest BCUT2D eigenvalue weighted by atomic mass is 79.9. The second kappa shape index (κ2) is 4.85. The maximum absolute atomic E-state index is 11.9. The minimum Gasteiger partial charge on any atom is -0.477 e. The Labute approximate surface area is 114 Å². The summed E-state index contributed by atoms with van der Waals surface area (Å²) in [5.41, 5.74) is 5.54. The van der Waals surface area contributed by atoms with E-state index in [1.54, 1.807) is 12.1 Å². The van der Waals surface area contributed by atoms with Crippen molar-refractivity contribution >= 4 is 27.7 Å². The monoisotopic (exact) mass is 313 g/mol. The summed E-state index contributed by atoms with van der Waals surface area (Å²) in [6.07, 6.45) is 0.0595. The summed E-state index contributed by atoms with van der Waals surface area (Å²) >= 11 is 3.25. The predicted molar refractivity (Wildman–Crippen MR) is 72.4 cm³/mol. The van der Waals surface area contributed by atoms with Crippen LogP contribution >= 0.6 is 15.9 Å². The van der Waals surface area contributed by atoms with Gasteiger partial charge in [-0.2, -0.15) is 0 Å². The van der Waals surface area contributed by atoms with Crippen LogP contribution in [0.25, 0.3) is 0 Å². The summed E-state index contributed by atoms with van der Waals surface area (Å²) in [4.78, 5) is 16.1. The molecule has 0 bridgehead atoms. The third kappa shape index (κ3) is 2.81. The number of carbonyl (C=O) groups excluding carboxylic acids is 1. The number of nitrogens with two attached hydrogens (primary N) is 1. The van der Waals surface area contributed by atoms with E-state index >= 15 is 0 Å². The van der Waals surface area contributed by atoms with Gasteiger partial charge in [0.2, 0.25) is 0 Å². The molecule has 18 heavy (non-hydrogen) atoms. The molecule has 0 aromatic carbocycles. The smallest absolute Gasteiger partial charge is 0.266 e. The van der Waals surface area contributed by atoms with Crippen molar-refractivity contribution in [2.75, 3.05) is 11.9 Å². The first-order valence-electron chi connectivity index (χ1n) is 5.75. The first-order valence-corrected chi connectivity index (χ1v) is 6.55. The molecule has 3 N–H and O–H groups in total. The van der Waals surface area contributed by atoms with Crippen molar-refractivity contribution in [2.45, 2.75) is 26.4 Å². The van der Waals surface area contributed by atoms with E-state index in [0.29, 0.717) is 29.1 Å². The van der Waals surface area contributed by atoms with Gasteiger partial charge < -0.3 is 15.8 Å². The van der Waals surface area contributed by atoms with Gasteiger partial charge >= 0.3 is 0 Å². The molecular formula is C12H16BrN3O2. The minimum atomic E-state index is -0.515. The third-order valence-corrected chi connectivity index (χ3v) is 3.36. The number of hydrogen-bond acceptors (Lipinski definition) is 4. The Morgan fingerprint density at radius 1 is 1.56 bits per heavy atom. The molecule has 98 valence electrons. The molecule has 1 aliphatic rings. The van der Waals surface area contributed by atoms with Gasteiger partial charge in [-0.3, -0.25) is 4.79 Å². The lowest BCUT2D eigenvalue weighted by molar-refractivity contribution is -0.124. The summed E-state index contributed by atoms with van der Waals surface area (Å²) in [5.74, 6) is 0.876. The highest BCUT2D eigenvalue weighted by Crippen LogP contribution is 2.32. The Morgan fingerprint density at radius 2 is 2.28 bits per heavy atom. The fourth-order valence-electron chi connectivity index (χ4n) is 1.73. The van der Waals surface area contributed by atoms with Crippen LogP contribution in [-0.2, 0) is 4.79 Å². The number of pyridine rings is 1. The van der Waals surface area contributed by atoms with E-state index in [2.05, 4.69) is 26.2 Å². The molecule has 5 nitrogen and oxygen atoms in total. The van der Waals surface area contributed by atoms with E-state index < -0.39 is 6.10 Å². The van der Waals surface area contributed by atoms with Gasteiger partial charge in [0.05, 0.1) is 0 Å². The SMILES string of the molecule is CC(C)(CN)CC1Oc2ccc(Br)nc2NC1=O. The molecule has 1 unspecified atom stereocenters. The third-order valence-electron chi connectivity index (χ3n) is 2.92. The topological polar surface area (TPSA) is 77.2 Å². The van der Waals surface area contributed by atoms with Crippen LogP contribution in [0.5, 0.6) is 5.75 Å². The van der Waals surface area contributed by atoms with Gasteiger partial charge in [-0.25, -0.2) is 4.98 Å². The van der Waals surface area contributed by atoms with Crippen molar-refractivity contribution in [3.8, 4) is 5.75 Å². The average molecular weight is 314 g/mol. The standard InChI is InChI=1S/C12H16BrN3O2/c1-12(2,6-14)5-8-11(17)16-10-7(18-8)3-4-9(13)15-10/h3-4,8H,5-6,14H2,1-2H3,(H,15,16,17). The maximum atomic E-state index is 11.9. The van der Waals surface area contributed by atoms with E-state index in [1.165, 1.54) is 0 Å². The van der Waals surface area contributed by atoms with Crippen LogP contribution in [0, 0.1) is 5.41 Å². The molecule has 1 amide bonds. The Hall–Kier alpha value is -1.14. The van der Waals surface area contributed by atoms with Crippen molar-refractivity contribution in [1.29, 1.82) is 0 Å². The summed E-state index contributed by atoms with van der Waals surface area (Å²) in [6, 6.07) is 3.57. The van der Waals surface area contributed by atoms with Crippen LogP contribution in [-0.4, -0.2) is 23.5 Å². The van der Waals surface area contributed by atoms with Crippen LogP contribution in [0.4, 0.5) is 5.82 Å². The summed E-state index contributed by atoms with van der Waals surface area (Å²) < 4.78 is 6.34. The van der Waals surface area contributed by atoms with Gasteiger partial charge in [0.15, 0.2) is 17.7 Å². The van der Waals surface area contributed by atoms with Crippen molar-refractivity contribution < 1.29 is 9.53 Å². The Bertz CT molecular complexity index is 476.